The lowest BCUT2D eigenvalue weighted by atomic mass is 9.99. The van der Waals surface area contributed by atoms with E-state index in [2.05, 4.69) is 10.3 Å². The number of thioether (sulfide) groups is 1. The van der Waals surface area contributed by atoms with Crippen molar-refractivity contribution in [1.82, 2.24) is 10.3 Å². The van der Waals surface area contributed by atoms with Crippen molar-refractivity contribution in [2.45, 2.75) is 12.0 Å². The number of hydrogen-bond acceptors (Lipinski definition) is 7. The van der Waals surface area contributed by atoms with Crippen molar-refractivity contribution in [3.63, 3.8) is 0 Å². The van der Waals surface area contributed by atoms with E-state index in [0.717, 1.165) is 0 Å². The van der Waals surface area contributed by atoms with E-state index in [1.807, 2.05) is 0 Å². The third-order valence-corrected chi connectivity index (χ3v) is 5.91. The highest BCUT2D eigenvalue weighted by atomic mass is 32.2. The molecule has 1 amide bonds. The van der Waals surface area contributed by atoms with E-state index < -0.39 is 22.3 Å². The molecule has 1 aliphatic heterocycles. The van der Waals surface area contributed by atoms with Crippen LogP contribution in [0.3, 0.4) is 0 Å². The van der Waals surface area contributed by atoms with Gasteiger partial charge in [0.25, 0.3) is 11.6 Å². The molecule has 1 unspecified atom stereocenters. The van der Waals surface area contributed by atoms with Crippen LogP contribution in [0.25, 0.3) is 10.6 Å². The van der Waals surface area contributed by atoms with Gasteiger partial charge in [0.15, 0.2) is 0 Å². The summed E-state index contributed by atoms with van der Waals surface area (Å²) >= 11 is 2.65. The maximum absolute atomic E-state index is 12.4. The number of carboxylic acids is 1. The first-order valence-corrected chi connectivity index (χ1v) is 9.29. The van der Waals surface area contributed by atoms with Crippen molar-refractivity contribution < 1.29 is 19.6 Å². The van der Waals surface area contributed by atoms with E-state index in [-0.39, 0.29) is 11.4 Å². The summed E-state index contributed by atoms with van der Waals surface area (Å²) in [7, 11) is 0. The first-order chi connectivity index (χ1) is 11.9. The van der Waals surface area contributed by atoms with Gasteiger partial charge in [-0.3, -0.25) is 14.9 Å². The molecule has 1 fully saturated rings. The van der Waals surface area contributed by atoms with Gasteiger partial charge in [-0.15, -0.1) is 11.3 Å². The fraction of sp³-hybridized carbons (Fsp3) is 0.267. The maximum atomic E-state index is 12.4. The number of carbonyl (C=O) groups excluding carboxylic acids is 1. The molecule has 0 saturated carbocycles. The van der Waals surface area contributed by atoms with Gasteiger partial charge in [-0.05, 0) is 12.2 Å². The van der Waals surface area contributed by atoms with Crippen LogP contribution in [-0.2, 0) is 4.79 Å². The van der Waals surface area contributed by atoms with Gasteiger partial charge < -0.3 is 10.4 Å². The smallest absolute Gasteiger partial charge is 0.330 e. The number of nitrogens with zero attached hydrogens (tertiary/aromatic N) is 2. The van der Waals surface area contributed by atoms with Crippen LogP contribution in [0, 0.1) is 10.1 Å². The van der Waals surface area contributed by atoms with Crippen molar-refractivity contribution in [1.29, 1.82) is 0 Å². The highest BCUT2D eigenvalue weighted by Crippen LogP contribution is 2.30. The van der Waals surface area contributed by atoms with E-state index in [4.69, 9.17) is 0 Å². The van der Waals surface area contributed by atoms with Gasteiger partial charge in [0.1, 0.15) is 16.2 Å². The molecule has 10 heteroatoms. The van der Waals surface area contributed by atoms with Gasteiger partial charge >= 0.3 is 5.97 Å². The summed E-state index contributed by atoms with van der Waals surface area (Å²) in [5, 5.41) is 24.8. The van der Waals surface area contributed by atoms with Gasteiger partial charge in [-0.1, -0.05) is 12.1 Å². The Morgan fingerprint density at radius 1 is 1.40 bits per heavy atom. The molecule has 0 radical (unpaired) electrons. The number of rotatable bonds is 5. The van der Waals surface area contributed by atoms with E-state index in [1.165, 1.54) is 40.6 Å². The van der Waals surface area contributed by atoms with Crippen molar-refractivity contribution in [3.8, 4) is 10.6 Å². The van der Waals surface area contributed by atoms with Crippen LogP contribution in [0.2, 0.25) is 0 Å². The summed E-state index contributed by atoms with van der Waals surface area (Å²) < 4.78 is 0. The van der Waals surface area contributed by atoms with Gasteiger partial charge in [-0.2, -0.15) is 11.8 Å². The molecule has 130 valence electrons. The van der Waals surface area contributed by atoms with E-state index >= 15 is 0 Å². The Kier molecular flexibility index (Phi) is 4.73. The Morgan fingerprint density at radius 3 is 2.84 bits per heavy atom. The number of aliphatic carboxylic acids is 1. The van der Waals surface area contributed by atoms with Gasteiger partial charge in [0.2, 0.25) is 0 Å². The minimum atomic E-state index is -1.27. The second-order valence-electron chi connectivity index (χ2n) is 5.49. The zero-order valence-corrected chi connectivity index (χ0v) is 14.4. The standard InChI is InChI=1S/C15H13N3O5S2/c19-12(17-15(14(20)21)4-5-24-8-15)11-7-25-13(16-11)9-2-1-3-10(6-9)18(22)23/h1-3,6-7H,4-5,8H2,(H,17,19)(H,20,21). The third-order valence-electron chi connectivity index (χ3n) is 3.82. The van der Waals surface area contributed by atoms with Crippen molar-refractivity contribution in [2.24, 2.45) is 0 Å². The molecule has 1 aliphatic rings. The Bertz CT molecular complexity index is 845. The molecular formula is C15H13N3O5S2. The molecule has 0 bridgehead atoms. The number of nitro groups is 1. The van der Waals surface area contributed by atoms with Crippen LogP contribution in [0.1, 0.15) is 16.9 Å². The van der Waals surface area contributed by atoms with Crippen LogP contribution < -0.4 is 5.32 Å². The second kappa shape index (κ2) is 6.81. The predicted molar refractivity (Wildman–Crippen MR) is 94.0 cm³/mol. The molecule has 1 atom stereocenters. The molecule has 1 saturated heterocycles. The molecular weight excluding hydrogens is 366 g/mol. The molecule has 1 aromatic heterocycles. The summed E-state index contributed by atoms with van der Waals surface area (Å²) in [6.07, 6.45) is 0.362. The Balaban J connectivity index is 1.81. The summed E-state index contributed by atoms with van der Waals surface area (Å²) in [5.41, 5.74) is -0.699. The Labute approximate surface area is 150 Å². The van der Waals surface area contributed by atoms with E-state index in [1.54, 1.807) is 12.1 Å². The number of benzene rings is 1. The number of amides is 1. The van der Waals surface area contributed by atoms with E-state index in [0.29, 0.717) is 28.5 Å². The Morgan fingerprint density at radius 2 is 2.20 bits per heavy atom. The highest BCUT2D eigenvalue weighted by molar-refractivity contribution is 7.99. The highest BCUT2D eigenvalue weighted by Gasteiger charge is 2.43. The minimum absolute atomic E-state index is 0.0634. The average Bonchev–Trinajstić information content (AvgIpc) is 3.25. The summed E-state index contributed by atoms with van der Waals surface area (Å²) in [4.78, 5) is 38.4. The maximum Gasteiger partial charge on any atom is 0.330 e. The Hall–Kier alpha value is -2.46. The molecule has 2 heterocycles. The molecule has 0 spiro atoms. The van der Waals surface area contributed by atoms with Gasteiger partial charge in [0, 0.05) is 28.8 Å². The number of hydrogen-bond donors (Lipinski definition) is 2. The van der Waals surface area contributed by atoms with Crippen LogP contribution in [-0.4, -0.2) is 43.9 Å². The molecule has 3 rings (SSSR count). The second-order valence-corrected chi connectivity index (χ2v) is 7.45. The molecule has 2 N–H and O–H groups in total. The van der Waals surface area contributed by atoms with Crippen LogP contribution >= 0.6 is 23.1 Å². The summed E-state index contributed by atoms with van der Waals surface area (Å²) in [6.45, 7) is 0. The van der Waals surface area contributed by atoms with Crippen LogP contribution in [0.4, 0.5) is 5.69 Å². The summed E-state index contributed by atoms with van der Waals surface area (Å²) in [5.74, 6) is -0.628. The third kappa shape index (κ3) is 3.49. The summed E-state index contributed by atoms with van der Waals surface area (Å²) in [6, 6.07) is 5.97. The van der Waals surface area contributed by atoms with Crippen LogP contribution in [0.5, 0.6) is 0 Å². The number of non-ortho nitro benzene ring substituents is 1. The van der Waals surface area contributed by atoms with Gasteiger partial charge in [0.05, 0.1) is 4.92 Å². The number of carboxylic acid groups (broad SMARTS) is 1. The van der Waals surface area contributed by atoms with Crippen LogP contribution in [0.15, 0.2) is 29.6 Å². The largest absolute Gasteiger partial charge is 0.479 e. The number of aromatic nitrogens is 1. The number of thiazole rings is 1. The minimum Gasteiger partial charge on any atom is -0.479 e. The normalized spacial score (nSPS) is 19.5. The topological polar surface area (TPSA) is 122 Å². The lowest BCUT2D eigenvalue weighted by Crippen LogP contribution is -2.54. The van der Waals surface area contributed by atoms with Crippen molar-refractivity contribution >= 4 is 40.7 Å². The van der Waals surface area contributed by atoms with Crippen molar-refractivity contribution in [2.75, 3.05) is 11.5 Å². The number of nitro benzene ring substituents is 1. The predicted octanol–water partition coefficient (Wildman–Crippen LogP) is 2.41. The fourth-order valence-corrected chi connectivity index (χ4v) is 4.55. The zero-order valence-electron chi connectivity index (χ0n) is 12.8. The first kappa shape index (κ1) is 17.4. The lowest BCUT2D eigenvalue weighted by Gasteiger charge is -2.23. The molecule has 2 aromatic rings. The number of nitrogens with one attached hydrogen (secondary N) is 1. The molecule has 8 nitrogen and oxygen atoms in total. The SMILES string of the molecule is O=C(NC1(C(=O)O)CCSC1)c1csc(-c2cccc([N+](=O)[O-])c2)n1. The average molecular weight is 379 g/mol. The first-order valence-electron chi connectivity index (χ1n) is 7.25. The monoisotopic (exact) mass is 379 g/mol. The number of carbonyl (C=O) groups is 2. The van der Waals surface area contributed by atoms with Crippen molar-refractivity contribution in [3.05, 3.63) is 45.5 Å². The quantitative estimate of drug-likeness (QED) is 0.604. The molecule has 1 aromatic carbocycles. The van der Waals surface area contributed by atoms with E-state index in [9.17, 15) is 24.8 Å². The fourth-order valence-electron chi connectivity index (χ4n) is 2.43. The van der Waals surface area contributed by atoms with Gasteiger partial charge in [-0.25, -0.2) is 9.78 Å². The lowest BCUT2D eigenvalue weighted by molar-refractivity contribution is -0.384. The molecule has 25 heavy (non-hydrogen) atoms. The zero-order chi connectivity index (χ0) is 18.0. The molecule has 0 aliphatic carbocycles.